The van der Waals surface area contributed by atoms with Gasteiger partial charge in [-0.15, -0.1) is 5.10 Å². The van der Waals surface area contributed by atoms with E-state index in [-0.39, 0.29) is 29.5 Å². The lowest BCUT2D eigenvalue weighted by Crippen LogP contribution is -2.66. The second kappa shape index (κ2) is 7.52. The fourth-order valence-electron chi connectivity index (χ4n) is 4.88. The molecule has 0 bridgehead atoms. The van der Waals surface area contributed by atoms with Crippen molar-refractivity contribution in [3.8, 4) is 22.6 Å². The number of anilines is 3. The Morgan fingerprint density at radius 1 is 1.06 bits per heavy atom. The number of alkyl halides is 2. The van der Waals surface area contributed by atoms with Crippen molar-refractivity contribution in [1.82, 2.24) is 29.9 Å². The van der Waals surface area contributed by atoms with Crippen molar-refractivity contribution in [2.45, 2.75) is 18.8 Å². The fraction of sp³-hybridized carbons (Fsp3) is 0.304. The first-order chi connectivity index (χ1) is 16.7. The first-order valence-corrected chi connectivity index (χ1v) is 11.0. The molecule has 2 fully saturated rings. The summed E-state index contributed by atoms with van der Waals surface area (Å²) in [5.74, 6) is -2.19. The first kappa shape index (κ1) is 21.6. The normalized spacial score (nSPS) is 17.8. The van der Waals surface area contributed by atoms with Gasteiger partial charge in [-0.05, 0) is 30.3 Å². The van der Waals surface area contributed by atoms with Crippen molar-refractivity contribution in [2.24, 2.45) is 12.5 Å². The van der Waals surface area contributed by atoms with Crippen molar-refractivity contribution in [2.75, 3.05) is 23.3 Å². The maximum absolute atomic E-state index is 14.6. The second-order valence-corrected chi connectivity index (χ2v) is 9.27. The summed E-state index contributed by atoms with van der Waals surface area (Å²) in [6.45, 7) is 1.19. The average molecular weight is 484 g/mol. The van der Waals surface area contributed by atoms with Crippen LogP contribution in [0, 0.1) is 17.2 Å². The van der Waals surface area contributed by atoms with Crippen LogP contribution >= 0.6 is 0 Å². The largest absolute Gasteiger partial charge is 0.355 e. The summed E-state index contributed by atoms with van der Waals surface area (Å²) in [6.07, 6.45) is 1.55. The van der Waals surface area contributed by atoms with Gasteiger partial charge in [-0.3, -0.25) is 5.10 Å². The summed E-state index contributed by atoms with van der Waals surface area (Å²) in [6, 6.07) is 9.18. The van der Waals surface area contributed by atoms with Crippen molar-refractivity contribution in [1.29, 1.82) is 0 Å². The van der Waals surface area contributed by atoms with Gasteiger partial charge < -0.3 is 10.2 Å². The second-order valence-electron chi connectivity index (χ2n) is 9.27. The Bertz CT molecular complexity index is 1400. The Morgan fingerprint density at radius 2 is 1.86 bits per heavy atom. The molecule has 6 rings (SSSR count). The molecular formula is C23H20F4N8. The highest BCUT2D eigenvalue weighted by Crippen LogP contribution is 2.57. The third-order valence-electron chi connectivity index (χ3n) is 6.46. The predicted molar refractivity (Wildman–Crippen MR) is 120 cm³/mol. The van der Waals surface area contributed by atoms with Crippen LogP contribution in [0.2, 0.25) is 0 Å². The van der Waals surface area contributed by atoms with E-state index in [9.17, 15) is 17.6 Å². The lowest BCUT2D eigenvalue weighted by molar-refractivity contribution is -0.170. The number of hydrogen-bond donors (Lipinski definition) is 2. The Balaban J connectivity index is 1.14. The summed E-state index contributed by atoms with van der Waals surface area (Å²) in [5, 5.41) is 13.3. The first-order valence-electron chi connectivity index (χ1n) is 11.0. The van der Waals surface area contributed by atoms with Crippen LogP contribution < -0.4 is 10.2 Å². The van der Waals surface area contributed by atoms with Gasteiger partial charge in [0, 0.05) is 67.5 Å². The molecule has 0 amide bonds. The number of H-pyrrole nitrogens is 1. The van der Waals surface area contributed by atoms with Crippen LogP contribution in [0.4, 0.5) is 35.0 Å². The van der Waals surface area contributed by atoms with Gasteiger partial charge in [-0.2, -0.15) is 14.5 Å². The third-order valence-corrected chi connectivity index (χ3v) is 6.46. The molecule has 1 spiro atoms. The van der Waals surface area contributed by atoms with Crippen LogP contribution in [-0.4, -0.2) is 49.0 Å². The zero-order valence-electron chi connectivity index (χ0n) is 18.6. The van der Waals surface area contributed by atoms with E-state index in [1.807, 2.05) is 17.0 Å². The molecule has 4 heterocycles. The van der Waals surface area contributed by atoms with Gasteiger partial charge >= 0.3 is 0 Å². The van der Waals surface area contributed by atoms with E-state index >= 15 is 0 Å². The Kier molecular flexibility index (Phi) is 4.63. The van der Waals surface area contributed by atoms with Gasteiger partial charge in [0.2, 0.25) is 17.8 Å². The molecule has 1 aliphatic heterocycles. The maximum atomic E-state index is 14.6. The van der Waals surface area contributed by atoms with Crippen molar-refractivity contribution in [3.63, 3.8) is 0 Å². The Morgan fingerprint density at radius 3 is 2.49 bits per heavy atom. The number of halogens is 4. The number of rotatable bonds is 5. The highest BCUT2D eigenvalue weighted by atomic mass is 19.3. The van der Waals surface area contributed by atoms with Crippen molar-refractivity contribution < 1.29 is 17.6 Å². The van der Waals surface area contributed by atoms with Gasteiger partial charge in [0.1, 0.15) is 11.6 Å². The number of nitrogens with zero attached hydrogens (tertiary/aromatic N) is 6. The molecule has 180 valence electrons. The van der Waals surface area contributed by atoms with Crippen molar-refractivity contribution >= 4 is 17.5 Å². The van der Waals surface area contributed by atoms with E-state index in [1.165, 1.54) is 16.8 Å². The molecule has 1 aliphatic carbocycles. The van der Waals surface area contributed by atoms with Crippen LogP contribution in [-0.2, 0) is 7.05 Å². The monoisotopic (exact) mass is 484 g/mol. The lowest BCUT2D eigenvalue weighted by atomic mass is 9.61. The van der Waals surface area contributed by atoms with E-state index < -0.39 is 17.7 Å². The average Bonchev–Trinajstić information content (AvgIpc) is 3.36. The number of nitrogens with one attached hydrogen (secondary N) is 2. The minimum atomic E-state index is -2.52. The van der Waals surface area contributed by atoms with E-state index in [0.29, 0.717) is 36.1 Å². The van der Waals surface area contributed by atoms with Crippen LogP contribution in [0.15, 0.2) is 42.6 Å². The predicted octanol–water partition coefficient (Wildman–Crippen LogP) is 4.52. The standard InChI is InChI=1S/C23H20F4N8/c1-34-21(29-14-3-4-15(16(24)6-14)17-7-18(25)32-31-17)30-20(33-34)13-2-5-19(28-8-13)35-11-22(12-35)9-23(26,27)10-22/h2-8H,9-12H2,1H3,(H,31,32)(H,29,30,33). The minimum absolute atomic E-state index is 0.0452. The van der Waals surface area contributed by atoms with Gasteiger partial charge in [0.25, 0.3) is 0 Å². The van der Waals surface area contributed by atoms with E-state index in [1.54, 1.807) is 19.3 Å². The summed E-state index contributed by atoms with van der Waals surface area (Å²) in [7, 11) is 1.70. The molecular weight excluding hydrogens is 464 g/mol. The lowest BCUT2D eigenvalue weighted by Gasteiger charge is -2.59. The van der Waals surface area contributed by atoms with Crippen molar-refractivity contribution in [3.05, 3.63) is 54.4 Å². The quantitative estimate of drug-likeness (QED) is 0.405. The number of aromatic nitrogens is 6. The molecule has 1 saturated carbocycles. The summed E-state index contributed by atoms with van der Waals surface area (Å²) >= 11 is 0. The fourth-order valence-corrected chi connectivity index (χ4v) is 4.88. The molecule has 0 atom stereocenters. The zero-order chi connectivity index (χ0) is 24.4. The van der Waals surface area contributed by atoms with Gasteiger partial charge in [0.05, 0.1) is 5.69 Å². The molecule has 1 saturated heterocycles. The van der Waals surface area contributed by atoms with Crippen LogP contribution in [0.1, 0.15) is 12.8 Å². The molecule has 0 unspecified atom stereocenters. The number of pyridine rings is 1. The zero-order valence-corrected chi connectivity index (χ0v) is 18.6. The summed E-state index contributed by atoms with van der Waals surface area (Å²) in [5.41, 5.74) is 1.19. The molecule has 4 aromatic rings. The molecule has 0 radical (unpaired) electrons. The number of aromatic amines is 1. The minimum Gasteiger partial charge on any atom is -0.355 e. The highest BCUT2D eigenvalue weighted by Gasteiger charge is 2.61. The van der Waals surface area contributed by atoms with Gasteiger partial charge in [-0.1, -0.05) is 0 Å². The molecule has 3 aromatic heterocycles. The van der Waals surface area contributed by atoms with E-state index in [2.05, 4.69) is 30.6 Å². The van der Waals surface area contributed by atoms with Crippen LogP contribution in [0.3, 0.4) is 0 Å². The van der Waals surface area contributed by atoms with Crippen LogP contribution in [0.25, 0.3) is 22.6 Å². The smallest absolute Gasteiger partial charge is 0.249 e. The Hall–Kier alpha value is -3.96. The maximum Gasteiger partial charge on any atom is 0.249 e. The summed E-state index contributed by atoms with van der Waals surface area (Å²) in [4.78, 5) is 10.9. The van der Waals surface area contributed by atoms with Gasteiger partial charge in [0.15, 0.2) is 5.82 Å². The van der Waals surface area contributed by atoms with Crippen LogP contribution in [0.5, 0.6) is 0 Å². The summed E-state index contributed by atoms with van der Waals surface area (Å²) < 4.78 is 55.7. The topological polar surface area (TPSA) is 87.5 Å². The molecule has 12 heteroatoms. The molecule has 8 nitrogen and oxygen atoms in total. The number of benzene rings is 1. The van der Waals surface area contributed by atoms with E-state index in [4.69, 9.17) is 0 Å². The molecule has 2 aliphatic rings. The van der Waals surface area contributed by atoms with Gasteiger partial charge in [-0.25, -0.2) is 22.8 Å². The third kappa shape index (κ3) is 3.88. The van der Waals surface area contributed by atoms with E-state index in [0.717, 1.165) is 11.9 Å². The molecule has 2 N–H and O–H groups in total. The molecule has 35 heavy (non-hydrogen) atoms. The number of aryl methyl sites for hydroxylation is 1. The number of hydrogen-bond acceptors (Lipinski definition) is 6. The highest BCUT2D eigenvalue weighted by molar-refractivity contribution is 5.66. The SMILES string of the molecule is Cn1nc(-c2ccc(N3CC4(C3)CC(F)(F)C4)nc2)nc1Nc1ccc(-c2cc(F)[nH]n2)c(F)c1. The Labute approximate surface area is 197 Å². The molecule has 1 aromatic carbocycles.